The molecular formula is C25H21FN4O4. The van der Waals surface area contributed by atoms with Gasteiger partial charge in [0.1, 0.15) is 12.4 Å². The maximum Gasteiger partial charge on any atom is 0.273 e. The van der Waals surface area contributed by atoms with Crippen LogP contribution in [-0.2, 0) is 11.3 Å². The topological polar surface area (TPSA) is 113 Å². The van der Waals surface area contributed by atoms with Gasteiger partial charge < -0.3 is 10.6 Å². The molecule has 4 rings (SSSR count). The van der Waals surface area contributed by atoms with Gasteiger partial charge in [0.05, 0.1) is 16.8 Å². The van der Waals surface area contributed by atoms with Crippen molar-refractivity contribution in [1.29, 1.82) is 0 Å². The zero-order chi connectivity index (χ0) is 24.2. The summed E-state index contributed by atoms with van der Waals surface area (Å²) in [5, 5.41) is 8.45. The van der Waals surface area contributed by atoms with Crippen LogP contribution in [-0.4, -0.2) is 21.6 Å². The molecule has 0 saturated carbocycles. The predicted octanol–water partition coefficient (Wildman–Crippen LogP) is 2.96. The Morgan fingerprint density at radius 3 is 2.26 bits per heavy atom. The number of H-pyrrole nitrogens is 1. The second-order valence-electron chi connectivity index (χ2n) is 7.75. The molecule has 0 aliphatic heterocycles. The molecule has 34 heavy (non-hydrogen) atoms. The molecular weight excluding hydrogens is 439 g/mol. The van der Waals surface area contributed by atoms with E-state index in [0.29, 0.717) is 11.3 Å². The number of fused-ring (bicyclic) bond motifs is 1. The number of halogens is 1. The van der Waals surface area contributed by atoms with Crippen molar-refractivity contribution in [2.45, 2.75) is 19.5 Å². The lowest BCUT2D eigenvalue weighted by molar-refractivity contribution is -0.122. The van der Waals surface area contributed by atoms with Gasteiger partial charge in [-0.25, -0.2) is 9.07 Å². The zero-order valence-electron chi connectivity index (χ0n) is 18.2. The lowest BCUT2D eigenvalue weighted by Gasteiger charge is -2.16. The first-order valence-electron chi connectivity index (χ1n) is 10.5. The summed E-state index contributed by atoms with van der Waals surface area (Å²) in [6.45, 7) is 1.44. The average molecular weight is 460 g/mol. The highest BCUT2D eigenvalue weighted by molar-refractivity contribution is 6.04. The molecule has 0 radical (unpaired) electrons. The minimum atomic E-state index is -0.459. The highest BCUT2D eigenvalue weighted by atomic mass is 19.1. The number of aromatic nitrogens is 2. The summed E-state index contributed by atoms with van der Waals surface area (Å²) in [5.74, 6) is -1.24. The molecule has 1 aromatic heterocycles. The standard InChI is InChI=1S/C25H21FN4O4/c1-15(16-8-12-19(13-9-16)28-23(32)17-6-10-18(26)11-7-17)27-22(31)14-30-25(34)21-5-3-2-4-20(21)24(33)29-30/h2-13,15H,14H2,1H3,(H,27,31)(H,28,32)(H,29,33). The van der Waals surface area contributed by atoms with E-state index in [4.69, 9.17) is 0 Å². The second-order valence-corrected chi connectivity index (χ2v) is 7.75. The van der Waals surface area contributed by atoms with Gasteiger partial charge >= 0.3 is 0 Å². The van der Waals surface area contributed by atoms with E-state index in [1.54, 1.807) is 55.5 Å². The van der Waals surface area contributed by atoms with E-state index >= 15 is 0 Å². The highest BCUT2D eigenvalue weighted by Crippen LogP contribution is 2.17. The molecule has 172 valence electrons. The predicted molar refractivity (Wildman–Crippen MR) is 126 cm³/mol. The van der Waals surface area contributed by atoms with Gasteiger partial charge in [0.2, 0.25) is 5.91 Å². The Bertz CT molecular complexity index is 1470. The molecule has 1 heterocycles. The number of carbonyl (C=O) groups excluding carboxylic acids is 2. The lowest BCUT2D eigenvalue weighted by Crippen LogP contribution is -2.37. The van der Waals surface area contributed by atoms with Crippen molar-refractivity contribution in [2.75, 3.05) is 5.32 Å². The first kappa shape index (κ1) is 22.7. The van der Waals surface area contributed by atoms with Crippen molar-refractivity contribution in [3.63, 3.8) is 0 Å². The Hall–Kier alpha value is -4.53. The van der Waals surface area contributed by atoms with Gasteiger partial charge in [0, 0.05) is 11.3 Å². The van der Waals surface area contributed by atoms with Crippen LogP contribution in [0.1, 0.15) is 28.9 Å². The summed E-state index contributed by atoms with van der Waals surface area (Å²) >= 11 is 0. The summed E-state index contributed by atoms with van der Waals surface area (Å²) in [6.07, 6.45) is 0. The summed E-state index contributed by atoms with van der Waals surface area (Å²) in [7, 11) is 0. The number of carbonyl (C=O) groups is 2. The Balaban J connectivity index is 1.40. The van der Waals surface area contributed by atoms with Gasteiger partial charge in [0.25, 0.3) is 17.0 Å². The second kappa shape index (κ2) is 9.53. The van der Waals surface area contributed by atoms with Crippen LogP contribution in [0.15, 0.2) is 82.4 Å². The number of aromatic amines is 1. The van der Waals surface area contributed by atoms with Crippen molar-refractivity contribution < 1.29 is 14.0 Å². The van der Waals surface area contributed by atoms with Crippen molar-refractivity contribution >= 4 is 28.3 Å². The van der Waals surface area contributed by atoms with Crippen molar-refractivity contribution in [2.24, 2.45) is 0 Å². The molecule has 8 nitrogen and oxygen atoms in total. The summed E-state index contributed by atoms with van der Waals surface area (Å²) in [6, 6.07) is 18.1. The fourth-order valence-corrected chi connectivity index (χ4v) is 3.53. The van der Waals surface area contributed by atoms with Gasteiger partial charge in [0.15, 0.2) is 0 Å². The fourth-order valence-electron chi connectivity index (χ4n) is 3.53. The molecule has 9 heteroatoms. The van der Waals surface area contributed by atoms with E-state index in [1.165, 1.54) is 24.3 Å². The molecule has 3 N–H and O–H groups in total. The largest absolute Gasteiger partial charge is 0.348 e. The SMILES string of the molecule is CC(NC(=O)Cn1[nH]c(=O)c2ccccc2c1=O)c1ccc(NC(=O)c2ccc(F)cc2)cc1. The Labute approximate surface area is 193 Å². The quantitative estimate of drug-likeness (QED) is 0.411. The number of hydrogen-bond acceptors (Lipinski definition) is 4. The van der Waals surface area contributed by atoms with Crippen LogP contribution < -0.4 is 21.8 Å². The third-order valence-electron chi connectivity index (χ3n) is 5.34. The Kier molecular flexibility index (Phi) is 6.35. The number of benzene rings is 3. The van der Waals surface area contributed by atoms with Crippen LogP contribution in [0.3, 0.4) is 0 Å². The number of hydrogen-bond donors (Lipinski definition) is 3. The summed E-state index contributed by atoms with van der Waals surface area (Å²) in [4.78, 5) is 49.5. The summed E-state index contributed by atoms with van der Waals surface area (Å²) < 4.78 is 14.0. The minimum Gasteiger partial charge on any atom is -0.348 e. The Morgan fingerprint density at radius 2 is 1.59 bits per heavy atom. The normalized spacial score (nSPS) is 11.7. The molecule has 0 bridgehead atoms. The first-order valence-corrected chi connectivity index (χ1v) is 10.5. The smallest absolute Gasteiger partial charge is 0.273 e. The monoisotopic (exact) mass is 460 g/mol. The van der Waals surface area contributed by atoms with Crippen LogP contribution in [0.2, 0.25) is 0 Å². The number of nitrogens with zero attached hydrogens (tertiary/aromatic N) is 1. The molecule has 1 unspecified atom stereocenters. The van der Waals surface area contributed by atoms with E-state index in [-0.39, 0.29) is 23.2 Å². The van der Waals surface area contributed by atoms with Crippen molar-refractivity contribution in [1.82, 2.24) is 15.1 Å². The number of anilines is 1. The molecule has 0 aliphatic carbocycles. The number of rotatable bonds is 6. The number of amides is 2. The molecule has 4 aromatic rings. The third-order valence-corrected chi connectivity index (χ3v) is 5.34. The maximum atomic E-state index is 13.0. The molecule has 0 aliphatic rings. The van der Waals surface area contributed by atoms with Crippen molar-refractivity contribution in [3.8, 4) is 0 Å². The van der Waals surface area contributed by atoms with E-state index in [2.05, 4.69) is 15.7 Å². The van der Waals surface area contributed by atoms with E-state index in [1.807, 2.05) is 0 Å². The van der Waals surface area contributed by atoms with Gasteiger partial charge in [-0.2, -0.15) is 0 Å². The molecule has 3 aromatic carbocycles. The van der Waals surface area contributed by atoms with E-state index in [0.717, 1.165) is 10.2 Å². The number of nitrogens with one attached hydrogen (secondary N) is 3. The third kappa shape index (κ3) is 4.93. The average Bonchev–Trinajstić information content (AvgIpc) is 2.83. The summed E-state index contributed by atoms with van der Waals surface area (Å²) in [5.41, 5.74) is 0.728. The first-order chi connectivity index (χ1) is 16.3. The molecule has 0 fully saturated rings. The van der Waals surface area contributed by atoms with Crippen LogP contribution in [0.25, 0.3) is 10.8 Å². The van der Waals surface area contributed by atoms with Gasteiger partial charge in [-0.3, -0.25) is 24.3 Å². The molecule has 0 spiro atoms. The molecule has 1 atom stereocenters. The lowest BCUT2D eigenvalue weighted by atomic mass is 10.1. The highest BCUT2D eigenvalue weighted by Gasteiger charge is 2.14. The van der Waals surface area contributed by atoms with Gasteiger partial charge in [-0.15, -0.1) is 0 Å². The fraction of sp³-hybridized carbons (Fsp3) is 0.120. The van der Waals surface area contributed by atoms with Gasteiger partial charge in [-0.05, 0) is 61.0 Å². The van der Waals surface area contributed by atoms with E-state index < -0.39 is 28.9 Å². The Morgan fingerprint density at radius 1 is 0.941 bits per heavy atom. The van der Waals surface area contributed by atoms with Crippen molar-refractivity contribution in [3.05, 3.63) is 110 Å². The van der Waals surface area contributed by atoms with E-state index in [9.17, 15) is 23.6 Å². The maximum absolute atomic E-state index is 13.0. The minimum absolute atomic E-state index is 0.241. The van der Waals surface area contributed by atoms with Gasteiger partial charge in [-0.1, -0.05) is 24.3 Å². The molecule has 0 saturated heterocycles. The van der Waals surface area contributed by atoms with Crippen LogP contribution >= 0.6 is 0 Å². The molecule has 2 amide bonds. The van der Waals surface area contributed by atoms with Crippen LogP contribution in [0.4, 0.5) is 10.1 Å². The van der Waals surface area contributed by atoms with Crippen LogP contribution in [0, 0.1) is 5.82 Å². The van der Waals surface area contributed by atoms with Crippen LogP contribution in [0.5, 0.6) is 0 Å². The zero-order valence-corrected chi connectivity index (χ0v) is 18.2.